The average molecular weight is 417 g/mol. The number of likely N-dealkylation sites (N-methyl/N-ethyl adjacent to an activating group) is 1. The third-order valence-electron chi connectivity index (χ3n) is 5.04. The van der Waals surface area contributed by atoms with Gasteiger partial charge >= 0.3 is 0 Å². The zero-order valence-electron chi connectivity index (χ0n) is 17.3. The number of pyridine rings is 1. The zero-order valence-corrected chi connectivity index (χ0v) is 18.1. The van der Waals surface area contributed by atoms with Crippen molar-refractivity contribution in [3.63, 3.8) is 0 Å². The highest BCUT2D eigenvalue weighted by atomic mass is 32.2. The van der Waals surface area contributed by atoms with Crippen molar-refractivity contribution in [2.75, 3.05) is 13.7 Å². The molecule has 0 fully saturated rings. The van der Waals surface area contributed by atoms with Crippen molar-refractivity contribution < 1.29 is 13.5 Å². The Morgan fingerprint density at radius 3 is 2.48 bits per heavy atom. The molecule has 8 heteroatoms. The summed E-state index contributed by atoms with van der Waals surface area (Å²) in [7, 11) is -2.15. The molecule has 0 radical (unpaired) electrons. The number of rotatable bonds is 8. The fourth-order valence-electron chi connectivity index (χ4n) is 3.46. The molecule has 2 N–H and O–H groups in total. The number of fused-ring (bicyclic) bond motifs is 1. The number of nitrogens with one attached hydrogen (secondary N) is 1. The lowest BCUT2D eigenvalue weighted by Crippen LogP contribution is -2.40. The summed E-state index contributed by atoms with van der Waals surface area (Å²) in [5.74, 6) is 1.12. The second-order valence-electron chi connectivity index (χ2n) is 7.78. The number of imidazole rings is 1. The minimum atomic E-state index is -3.68. The highest BCUT2D eigenvalue weighted by Gasteiger charge is 2.28. The number of H-pyrrole nitrogens is 1. The molecule has 7 nitrogen and oxygen atoms in total. The quantitative estimate of drug-likeness (QED) is 0.588. The van der Waals surface area contributed by atoms with Crippen molar-refractivity contribution >= 4 is 21.1 Å². The van der Waals surface area contributed by atoms with E-state index in [1.807, 2.05) is 26.8 Å². The lowest BCUT2D eigenvalue weighted by molar-refractivity contribution is 0.183. The fourth-order valence-corrected chi connectivity index (χ4v) is 4.82. The van der Waals surface area contributed by atoms with Gasteiger partial charge in [0.1, 0.15) is 11.3 Å². The number of hydrogen-bond acceptors (Lipinski definition) is 5. The Balaban J connectivity index is 1.82. The Labute approximate surface area is 171 Å². The summed E-state index contributed by atoms with van der Waals surface area (Å²) in [6, 6.07) is 8.28. The van der Waals surface area contributed by atoms with E-state index in [0.29, 0.717) is 12.8 Å². The van der Waals surface area contributed by atoms with Crippen molar-refractivity contribution in [2.24, 2.45) is 5.92 Å². The molecule has 0 saturated heterocycles. The van der Waals surface area contributed by atoms with Crippen LogP contribution < -0.4 is 0 Å². The van der Waals surface area contributed by atoms with Crippen LogP contribution in [0.3, 0.4) is 0 Å². The first-order chi connectivity index (χ1) is 13.7. The Morgan fingerprint density at radius 2 is 1.86 bits per heavy atom. The van der Waals surface area contributed by atoms with Gasteiger partial charge in [-0.1, -0.05) is 26.0 Å². The van der Waals surface area contributed by atoms with Gasteiger partial charge in [-0.15, -0.1) is 0 Å². The number of aromatic nitrogens is 3. The molecule has 0 saturated carbocycles. The predicted molar refractivity (Wildman–Crippen MR) is 113 cm³/mol. The van der Waals surface area contributed by atoms with Gasteiger partial charge in [0.15, 0.2) is 0 Å². The van der Waals surface area contributed by atoms with E-state index in [1.54, 1.807) is 30.5 Å². The molecule has 2 aromatic heterocycles. The molecular weight excluding hydrogens is 388 g/mol. The molecule has 0 unspecified atom stereocenters. The maximum Gasteiger partial charge on any atom is 0.243 e. The Kier molecular flexibility index (Phi) is 6.36. The number of aryl methyl sites for hydroxylation is 1. The van der Waals surface area contributed by atoms with Crippen LogP contribution in [0.25, 0.3) is 11.0 Å². The maximum atomic E-state index is 12.9. The van der Waals surface area contributed by atoms with Gasteiger partial charge in [0.05, 0.1) is 22.7 Å². The van der Waals surface area contributed by atoms with E-state index in [0.717, 1.165) is 28.1 Å². The number of benzene rings is 1. The molecule has 2 heterocycles. The molecule has 1 aromatic carbocycles. The zero-order chi connectivity index (χ0) is 21.2. The van der Waals surface area contributed by atoms with E-state index < -0.39 is 16.1 Å². The largest absolute Gasteiger partial charge is 0.395 e. The number of aliphatic hydroxyl groups is 1. The molecule has 0 spiro atoms. The van der Waals surface area contributed by atoms with Crippen LogP contribution in [0.15, 0.2) is 41.4 Å². The van der Waals surface area contributed by atoms with Crippen molar-refractivity contribution in [3.8, 4) is 0 Å². The minimum absolute atomic E-state index is 0.204. The van der Waals surface area contributed by atoms with Crippen molar-refractivity contribution in [1.29, 1.82) is 0 Å². The number of nitrogens with zero attached hydrogens (tertiary/aromatic N) is 3. The van der Waals surface area contributed by atoms with E-state index >= 15 is 0 Å². The van der Waals surface area contributed by atoms with Gasteiger partial charge in [0.2, 0.25) is 10.0 Å². The van der Waals surface area contributed by atoms with Gasteiger partial charge in [0.25, 0.3) is 0 Å². The standard InChI is InChI=1S/C21H28N4O3S/c1-14(2)11-17(13-26)25(4)29(27,28)18-7-5-16(6-8-18)12-20-21-19(9-10-22-20)23-15(3)24-21/h5-10,14,17,26H,11-13H2,1-4H3,(H,23,24)/t17-/m0/s1. The van der Waals surface area contributed by atoms with Crippen LogP contribution in [0.1, 0.15) is 37.4 Å². The summed E-state index contributed by atoms with van der Waals surface area (Å²) < 4.78 is 27.2. The van der Waals surface area contributed by atoms with E-state index in [2.05, 4.69) is 15.0 Å². The Hall–Kier alpha value is -2.29. The molecule has 0 aliphatic rings. The van der Waals surface area contributed by atoms with Gasteiger partial charge in [0, 0.05) is 25.7 Å². The van der Waals surface area contributed by atoms with Crippen LogP contribution in [-0.4, -0.2) is 52.5 Å². The molecule has 0 amide bonds. The maximum absolute atomic E-state index is 12.9. The van der Waals surface area contributed by atoms with Crippen LogP contribution in [0, 0.1) is 12.8 Å². The molecule has 1 atom stereocenters. The minimum Gasteiger partial charge on any atom is -0.395 e. The molecule has 156 valence electrons. The second kappa shape index (κ2) is 8.61. The smallest absolute Gasteiger partial charge is 0.243 e. The first-order valence-corrected chi connectivity index (χ1v) is 11.1. The molecule has 0 aliphatic heterocycles. The summed E-state index contributed by atoms with van der Waals surface area (Å²) in [6.45, 7) is 5.71. The first-order valence-electron chi connectivity index (χ1n) is 9.70. The lowest BCUT2D eigenvalue weighted by atomic mass is 10.1. The Bertz CT molecular complexity index is 1080. The summed E-state index contributed by atoms with van der Waals surface area (Å²) in [4.78, 5) is 12.4. The van der Waals surface area contributed by atoms with E-state index in [4.69, 9.17) is 0 Å². The van der Waals surface area contributed by atoms with Crippen LogP contribution >= 0.6 is 0 Å². The average Bonchev–Trinajstić information content (AvgIpc) is 3.07. The van der Waals surface area contributed by atoms with Crippen LogP contribution in [0.2, 0.25) is 0 Å². The van der Waals surface area contributed by atoms with Gasteiger partial charge in [-0.3, -0.25) is 4.98 Å². The van der Waals surface area contributed by atoms with Crippen LogP contribution in [0.5, 0.6) is 0 Å². The highest BCUT2D eigenvalue weighted by Crippen LogP contribution is 2.22. The fraction of sp³-hybridized carbons (Fsp3) is 0.429. The molecule has 3 rings (SSSR count). The van der Waals surface area contributed by atoms with Gasteiger partial charge in [-0.25, -0.2) is 13.4 Å². The third kappa shape index (κ3) is 4.66. The highest BCUT2D eigenvalue weighted by molar-refractivity contribution is 7.89. The summed E-state index contributed by atoms with van der Waals surface area (Å²) >= 11 is 0. The van der Waals surface area contributed by atoms with Gasteiger partial charge in [-0.2, -0.15) is 4.31 Å². The second-order valence-corrected chi connectivity index (χ2v) is 9.78. The summed E-state index contributed by atoms with van der Waals surface area (Å²) in [5.41, 5.74) is 3.57. The predicted octanol–water partition coefficient (Wildman–Crippen LogP) is 2.88. The van der Waals surface area contributed by atoms with E-state index in [9.17, 15) is 13.5 Å². The van der Waals surface area contributed by atoms with Crippen molar-refractivity contribution in [3.05, 3.63) is 53.6 Å². The molecule has 0 bridgehead atoms. The van der Waals surface area contributed by atoms with Gasteiger partial charge in [-0.05, 0) is 43.0 Å². The van der Waals surface area contributed by atoms with Crippen molar-refractivity contribution in [1.82, 2.24) is 19.3 Å². The third-order valence-corrected chi connectivity index (χ3v) is 6.96. The summed E-state index contributed by atoms with van der Waals surface area (Å²) in [6.07, 6.45) is 2.90. The number of sulfonamides is 1. The SMILES string of the molecule is Cc1nc2c(Cc3ccc(S(=O)(=O)N(C)[C@H](CO)CC(C)C)cc3)nccc2[nH]1. The number of aliphatic hydroxyl groups excluding tert-OH is 1. The Morgan fingerprint density at radius 1 is 1.17 bits per heavy atom. The number of hydrogen-bond donors (Lipinski definition) is 2. The first kappa shape index (κ1) is 21.4. The van der Waals surface area contributed by atoms with Crippen LogP contribution in [-0.2, 0) is 16.4 Å². The molecule has 29 heavy (non-hydrogen) atoms. The van der Waals surface area contributed by atoms with Crippen LogP contribution in [0.4, 0.5) is 0 Å². The normalized spacial score (nSPS) is 13.5. The lowest BCUT2D eigenvalue weighted by Gasteiger charge is -2.27. The molecular formula is C21H28N4O3S. The number of aromatic amines is 1. The monoisotopic (exact) mass is 416 g/mol. The van der Waals surface area contributed by atoms with Gasteiger partial charge < -0.3 is 10.1 Å². The summed E-state index contributed by atoms with van der Waals surface area (Å²) in [5, 5.41) is 9.63. The molecule has 0 aliphatic carbocycles. The topological polar surface area (TPSA) is 99.2 Å². The van der Waals surface area contributed by atoms with Crippen molar-refractivity contribution in [2.45, 2.75) is 44.6 Å². The van der Waals surface area contributed by atoms with E-state index in [-0.39, 0.29) is 17.4 Å². The molecule has 3 aromatic rings. The van der Waals surface area contributed by atoms with E-state index in [1.165, 1.54) is 11.4 Å².